The lowest BCUT2D eigenvalue weighted by Gasteiger charge is -2.18. The minimum Gasteiger partial charge on any atom is -0.506 e. The van der Waals surface area contributed by atoms with Gasteiger partial charge in [-0.2, -0.15) is 13.2 Å². The second kappa shape index (κ2) is 5.02. The number of phenolic OH excluding ortho intramolecular Hbond substituents is 1. The van der Waals surface area contributed by atoms with Gasteiger partial charge in [-0.1, -0.05) is 42.5 Å². The van der Waals surface area contributed by atoms with Crippen molar-refractivity contribution in [3.8, 4) is 16.9 Å². The van der Waals surface area contributed by atoms with Crippen molar-refractivity contribution < 1.29 is 18.3 Å². The predicted octanol–water partition coefficient (Wildman–Crippen LogP) is 4.93. The number of nitrogens with zero attached hydrogens (tertiary/aromatic N) is 1. The third-order valence-corrected chi connectivity index (χ3v) is 3.52. The smallest absolute Gasteiger partial charge is 0.417 e. The Kier molecular flexibility index (Phi) is 3.28. The highest BCUT2D eigenvalue weighted by atomic mass is 19.4. The molecule has 0 atom stereocenters. The van der Waals surface area contributed by atoms with E-state index in [4.69, 9.17) is 0 Å². The van der Waals surface area contributed by atoms with Crippen molar-refractivity contribution in [2.45, 2.75) is 13.1 Å². The number of halogens is 3. The van der Waals surface area contributed by atoms with Crippen LogP contribution >= 0.6 is 0 Å². The van der Waals surface area contributed by atoms with E-state index in [-0.39, 0.29) is 27.9 Å². The fourth-order valence-electron chi connectivity index (χ4n) is 2.64. The monoisotopic (exact) mass is 303 g/mol. The predicted molar refractivity (Wildman–Crippen MR) is 78.6 cm³/mol. The molecule has 0 spiro atoms. The number of aromatic hydroxyl groups is 1. The molecule has 1 N–H and O–H groups in total. The Hall–Kier alpha value is -2.56. The summed E-state index contributed by atoms with van der Waals surface area (Å²) < 4.78 is 41.0. The molecule has 1 aromatic heterocycles. The number of aryl methyl sites for hydroxylation is 1. The summed E-state index contributed by atoms with van der Waals surface area (Å²) in [6, 6.07) is 12.4. The number of aromatic nitrogens is 1. The number of benzene rings is 2. The lowest BCUT2D eigenvalue weighted by molar-refractivity contribution is -0.135. The molecule has 1 heterocycles. The van der Waals surface area contributed by atoms with Gasteiger partial charge < -0.3 is 5.11 Å². The average Bonchev–Trinajstić information content (AvgIpc) is 2.47. The third-order valence-electron chi connectivity index (χ3n) is 3.52. The van der Waals surface area contributed by atoms with E-state index >= 15 is 0 Å². The summed E-state index contributed by atoms with van der Waals surface area (Å²) in [6.07, 6.45) is -4.55. The molecule has 5 heteroatoms. The zero-order chi connectivity index (χ0) is 15.9. The van der Waals surface area contributed by atoms with Gasteiger partial charge in [0, 0.05) is 16.6 Å². The Bertz CT molecular complexity index is 842. The first kappa shape index (κ1) is 14.4. The van der Waals surface area contributed by atoms with Gasteiger partial charge in [-0.15, -0.1) is 0 Å². The molecule has 0 aliphatic carbocycles. The highest BCUT2D eigenvalue weighted by Gasteiger charge is 2.37. The topological polar surface area (TPSA) is 33.1 Å². The van der Waals surface area contributed by atoms with Crippen molar-refractivity contribution in [1.29, 1.82) is 0 Å². The lowest BCUT2D eigenvalue weighted by Crippen LogP contribution is -2.10. The Balaban J connectivity index is 2.50. The van der Waals surface area contributed by atoms with E-state index < -0.39 is 11.7 Å². The molecule has 3 rings (SSSR count). The molecule has 22 heavy (non-hydrogen) atoms. The molecular formula is C17H12F3NO. The second-order valence-electron chi connectivity index (χ2n) is 4.98. The number of hydrogen-bond donors (Lipinski definition) is 1. The van der Waals surface area contributed by atoms with Crippen LogP contribution in [0.4, 0.5) is 13.2 Å². The van der Waals surface area contributed by atoms with Crippen molar-refractivity contribution >= 4 is 10.9 Å². The highest BCUT2D eigenvalue weighted by molar-refractivity contribution is 5.93. The van der Waals surface area contributed by atoms with Crippen molar-refractivity contribution in [1.82, 2.24) is 4.98 Å². The van der Waals surface area contributed by atoms with Crippen LogP contribution in [0.25, 0.3) is 22.0 Å². The van der Waals surface area contributed by atoms with E-state index in [0.717, 1.165) is 0 Å². The van der Waals surface area contributed by atoms with Crippen LogP contribution in [-0.4, -0.2) is 10.1 Å². The van der Waals surface area contributed by atoms with Crippen LogP contribution in [-0.2, 0) is 6.18 Å². The number of alkyl halides is 3. The lowest BCUT2D eigenvalue weighted by atomic mass is 9.94. The van der Waals surface area contributed by atoms with E-state index in [9.17, 15) is 18.3 Å². The Morgan fingerprint density at radius 3 is 2.27 bits per heavy atom. The summed E-state index contributed by atoms with van der Waals surface area (Å²) >= 11 is 0. The first-order valence-corrected chi connectivity index (χ1v) is 6.64. The third kappa shape index (κ3) is 2.28. The fraction of sp³-hybridized carbons (Fsp3) is 0.118. The number of pyridine rings is 1. The maximum atomic E-state index is 13.7. The van der Waals surface area contributed by atoms with Crippen LogP contribution in [0, 0.1) is 6.92 Å². The van der Waals surface area contributed by atoms with E-state index in [1.54, 1.807) is 30.3 Å². The van der Waals surface area contributed by atoms with E-state index in [1.165, 1.54) is 25.1 Å². The average molecular weight is 303 g/mol. The Morgan fingerprint density at radius 1 is 0.955 bits per heavy atom. The van der Waals surface area contributed by atoms with E-state index in [0.29, 0.717) is 5.56 Å². The maximum Gasteiger partial charge on any atom is 0.417 e. The largest absolute Gasteiger partial charge is 0.506 e. The van der Waals surface area contributed by atoms with Crippen LogP contribution in [0.5, 0.6) is 5.75 Å². The van der Waals surface area contributed by atoms with Gasteiger partial charge in [0.15, 0.2) is 0 Å². The van der Waals surface area contributed by atoms with Gasteiger partial charge in [0.25, 0.3) is 0 Å². The molecule has 112 valence electrons. The highest BCUT2D eigenvalue weighted by Crippen LogP contribution is 2.43. The van der Waals surface area contributed by atoms with Gasteiger partial charge in [-0.05, 0) is 18.6 Å². The first-order valence-electron chi connectivity index (χ1n) is 6.64. The molecule has 0 unspecified atom stereocenters. The molecule has 2 aromatic carbocycles. The van der Waals surface area contributed by atoms with E-state index in [2.05, 4.69) is 4.98 Å². The van der Waals surface area contributed by atoms with Gasteiger partial charge in [0.1, 0.15) is 11.3 Å². The van der Waals surface area contributed by atoms with Gasteiger partial charge in [-0.25, -0.2) is 4.98 Å². The maximum absolute atomic E-state index is 13.7. The minimum absolute atomic E-state index is 0.0352. The van der Waals surface area contributed by atoms with Crippen LogP contribution in [0.1, 0.15) is 11.3 Å². The molecule has 0 bridgehead atoms. The van der Waals surface area contributed by atoms with Gasteiger partial charge >= 0.3 is 6.18 Å². The van der Waals surface area contributed by atoms with Crippen molar-refractivity contribution in [3.05, 3.63) is 59.8 Å². The van der Waals surface area contributed by atoms with Crippen molar-refractivity contribution in [2.75, 3.05) is 0 Å². The quantitative estimate of drug-likeness (QED) is 0.691. The molecular weight excluding hydrogens is 291 g/mol. The molecule has 0 saturated heterocycles. The first-order chi connectivity index (χ1) is 10.4. The summed E-state index contributed by atoms with van der Waals surface area (Å²) in [5, 5.41) is 9.72. The number of phenols is 1. The molecule has 0 radical (unpaired) electrons. The minimum atomic E-state index is -4.55. The van der Waals surface area contributed by atoms with Gasteiger partial charge in [0.2, 0.25) is 0 Å². The summed E-state index contributed by atoms with van der Waals surface area (Å²) in [4.78, 5) is 4.18. The Labute approximate surface area is 124 Å². The molecule has 0 amide bonds. The zero-order valence-corrected chi connectivity index (χ0v) is 11.6. The number of rotatable bonds is 1. The van der Waals surface area contributed by atoms with Crippen molar-refractivity contribution in [2.24, 2.45) is 0 Å². The molecule has 3 aromatic rings. The number of fused-ring (bicyclic) bond motifs is 1. The second-order valence-corrected chi connectivity index (χ2v) is 4.98. The normalized spacial score (nSPS) is 11.8. The van der Waals surface area contributed by atoms with Crippen LogP contribution in [0.15, 0.2) is 48.5 Å². The van der Waals surface area contributed by atoms with Crippen LogP contribution in [0.2, 0.25) is 0 Å². The summed E-state index contributed by atoms with van der Waals surface area (Å²) in [5.74, 6) is -0.259. The SMILES string of the molecule is Cc1nc2c(O)cccc2c(C(F)(F)F)c1-c1ccccc1. The number of para-hydroxylation sites is 1. The fourth-order valence-corrected chi connectivity index (χ4v) is 2.64. The Morgan fingerprint density at radius 2 is 1.64 bits per heavy atom. The molecule has 0 fully saturated rings. The van der Waals surface area contributed by atoms with Gasteiger partial charge in [-0.3, -0.25) is 0 Å². The van der Waals surface area contributed by atoms with Gasteiger partial charge in [0.05, 0.1) is 5.56 Å². The summed E-state index contributed by atoms with van der Waals surface area (Å²) in [6.45, 7) is 1.52. The standard InChI is InChI=1S/C17H12F3NO/c1-10-14(11-6-3-2-4-7-11)15(17(18,19)20)12-8-5-9-13(22)16(12)21-10/h2-9,22H,1H3. The van der Waals surface area contributed by atoms with E-state index in [1.807, 2.05) is 0 Å². The molecule has 0 aliphatic heterocycles. The number of hydrogen-bond acceptors (Lipinski definition) is 2. The zero-order valence-electron chi connectivity index (χ0n) is 11.6. The summed E-state index contributed by atoms with van der Waals surface area (Å²) in [7, 11) is 0. The molecule has 0 saturated carbocycles. The molecule has 2 nitrogen and oxygen atoms in total. The van der Waals surface area contributed by atoms with Crippen LogP contribution < -0.4 is 0 Å². The van der Waals surface area contributed by atoms with Crippen LogP contribution in [0.3, 0.4) is 0 Å². The van der Waals surface area contributed by atoms with Crippen molar-refractivity contribution in [3.63, 3.8) is 0 Å². The molecule has 0 aliphatic rings. The summed E-state index contributed by atoms with van der Waals surface area (Å²) in [5.41, 5.74) is -0.0760.